The van der Waals surface area contributed by atoms with E-state index in [9.17, 15) is 22.8 Å². The van der Waals surface area contributed by atoms with Crippen molar-refractivity contribution < 1.29 is 27.5 Å². The number of fused-ring (bicyclic) bond motifs is 1. The van der Waals surface area contributed by atoms with E-state index in [0.29, 0.717) is 25.9 Å². The van der Waals surface area contributed by atoms with E-state index in [1.807, 2.05) is 12.1 Å². The number of rotatable bonds is 8. The van der Waals surface area contributed by atoms with E-state index < -0.39 is 23.4 Å². The summed E-state index contributed by atoms with van der Waals surface area (Å²) in [6, 6.07) is 11.2. The number of piperidine rings is 1. The summed E-state index contributed by atoms with van der Waals surface area (Å²) >= 11 is 0. The maximum atomic E-state index is 13.9. The predicted octanol–water partition coefficient (Wildman–Crippen LogP) is 6.31. The minimum atomic E-state index is -4.53. The molecule has 0 unspecified atom stereocenters. The molecule has 0 atom stereocenters. The number of anilines is 1. The van der Waals surface area contributed by atoms with Crippen molar-refractivity contribution >= 4 is 17.7 Å². The Morgan fingerprint density at radius 2 is 1.70 bits per heavy atom. The predicted molar refractivity (Wildman–Crippen MR) is 159 cm³/mol. The summed E-state index contributed by atoms with van der Waals surface area (Å²) in [6.07, 6.45) is -0.509. The van der Waals surface area contributed by atoms with Crippen molar-refractivity contribution in [3.63, 3.8) is 0 Å². The van der Waals surface area contributed by atoms with Gasteiger partial charge in [-0.3, -0.25) is 9.69 Å². The van der Waals surface area contributed by atoms with Crippen LogP contribution in [0.1, 0.15) is 68.7 Å². The van der Waals surface area contributed by atoms with Crippen LogP contribution in [0, 0.1) is 5.92 Å². The van der Waals surface area contributed by atoms with E-state index in [1.54, 1.807) is 36.6 Å². The van der Waals surface area contributed by atoms with E-state index in [-0.39, 0.29) is 30.6 Å². The van der Waals surface area contributed by atoms with Gasteiger partial charge in [-0.2, -0.15) is 13.2 Å². The highest BCUT2D eigenvalue weighted by Gasteiger charge is 2.36. The van der Waals surface area contributed by atoms with Gasteiger partial charge >= 0.3 is 12.3 Å². The number of alkyl halides is 3. The second-order valence-corrected chi connectivity index (χ2v) is 13.1. The molecule has 2 aromatic carbocycles. The van der Waals surface area contributed by atoms with Gasteiger partial charge in [-0.15, -0.1) is 0 Å². The van der Waals surface area contributed by atoms with Gasteiger partial charge in [-0.05, 0) is 87.6 Å². The zero-order valence-corrected chi connectivity index (χ0v) is 25.4. The number of halogens is 3. The molecular weight excluding hydrogens is 557 g/mol. The first-order valence-corrected chi connectivity index (χ1v) is 15.4. The molecule has 0 aromatic heterocycles. The number of hydrogen-bond acceptors (Lipinski definition) is 5. The Hall–Kier alpha value is -3.27. The standard InChI is InChI=1S/C33H43F3N4O3/c1-32(2,3)43-31(42)39-17-13-26(14-18-39)40(22-25-7-4-5-9-28(25)33(34,35)36)30(41)19-37-29-10-6-8-24-21-38(16-15-27(24)29)20-23-11-12-23/h4-10,23,26,37H,11-22H2,1-3H3. The molecule has 2 aromatic rings. The fourth-order valence-corrected chi connectivity index (χ4v) is 6.15. The van der Waals surface area contributed by atoms with Gasteiger partial charge < -0.3 is 19.9 Å². The molecule has 43 heavy (non-hydrogen) atoms. The molecule has 0 bridgehead atoms. The van der Waals surface area contributed by atoms with E-state index >= 15 is 0 Å². The van der Waals surface area contributed by atoms with Gasteiger partial charge in [0.2, 0.25) is 5.91 Å². The van der Waals surface area contributed by atoms with Crippen molar-refractivity contribution in [1.29, 1.82) is 0 Å². The average molecular weight is 601 g/mol. The number of amides is 2. The fourth-order valence-electron chi connectivity index (χ4n) is 6.15. The number of nitrogens with one attached hydrogen (secondary N) is 1. The first-order valence-electron chi connectivity index (χ1n) is 15.4. The minimum absolute atomic E-state index is 0.0251. The Bertz CT molecular complexity index is 1300. The van der Waals surface area contributed by atoms with Crippen LogP contribution in [0.4, 0.5) is 23.7 Å². The minimum Gasteiger partial charge on any atom is -0.444 e. The maximum absolute atomic E-state index is 13.9. The molecule has 2 aliphatic heterocycles. The number of likely N-dealkylation sites (tertiary alicyclic amines) is 1. The number of benzene rings is 2. The second-order valence-electron chi connectivity index (χ2n) is 13.1. The molecule has 1 saturated heterocycles. The van der Waals surface area contributed by atoms with Gasteiger partial charge in [-0.1, -0.05) is 30.3 Å². The third-order valence-corrected chi connectivity index (χ3v) is 8.53. The number of nitrogens with zero attached hydrogens (tertiary/aromatic N) is 3. The van der Waals surface area contributed by atoms with Crippen molar-refractivity contribution in [2.24, 2.45) is 5.92 Å². The van der Waals surface area contributed by atoms with Crippen molar-refractivity contribution in [2.75, 3.05) is 38.0 Å². The van der Waals surface area contributed by atoms with Crippen molar-refractivity contribution in [3.8, 4) is 0 Å². The lowest BCUT2D eigenvalue weighted by Gasteiger charge is -2.39. The summed E-state index contributed by atoms with van der Waals surface area (Å²) in [5.74, 6) is 0.557. The number of ether oxygens (including phenoxy) is 1. The van der Waals surface area contributed by atoms with Gasteiger partial charge in [0.15, 0.2) is 0 Å². The van der Waals surface area contributed by atoms with E-state index in [2.05, 4.69) is 16.3 Å². The number of carbonyl (C=O) groups excluding carboxylic acids is 2. The molecule has 5 rings (SSSR count). The van der Waals surface area contributed by atoms with Crippen molar-refractivity contribution in [1.82, 2.24) is 14.7 Å². The van der Waals surface area contributed by atoms with Crippen LogP contribution in [0.25, 0.3) is 0 Å². The SMILES string of the molecule is CC(C)(C)OC(=O)N1CCC(N(Cc2ccccc2C(F)(F)F)C(=O)CNc2cccc3c2CCN(CC2CC2)C3)CC1. The molecule has 1 saturated carbocycles. The van der Waals surface area contributed by atoms with Crippen LogP contribution in [-0.4, -0.2) is 71.1 Å². The summed E-state index contributed by atoms with van der Waals surface area (Å²) in [6.45, 7) is 8.96. The summed E-state index contributed by atoms with van der Waals surface area (Å²) in [7, 11) is 0. The van der Waals surface area contributed by atoms with Gasteiger partial charge in [0, 0.05) is 51.0 Å². The Morgan fingerprint density at radius 1 is 0.977 bits per heavy atom. The third kappa shape index (κ3) is 8.22. The lowest BCUT2D eigenvalue weighted by Crippen LogP contribution is -2.50. The molecule has 0 radical (unpaired) electrons. The summed E-state index contributed by atoms with van der Waals surface area (Å²) < 4.78 is 47.1. The van der Waals surface area contributed by atoms with E-state index in [0.717, 1.165) is 43.7 Å². The van der Waals surface area contributed by atoms with Crippen molar-refractivity contribution in [3.05, 3.63) is 64.7 Å². The topological polar surface area (TPSA) is 65.1 Å². The van der Waals surface area contributed by atoms with Crippen LogP contribution in [0.2, 0.25) is 0 Å². The molecule has 10 heteroatoms. The molecule has 2 heterocycles. The van der Waals surface area contributed by atoms with E-state index in [1.165, 1.54) is 36.1 Å². The molecular formula is C33H43F3N4O3. The van der Waals surface area contributed by atoms with Gasteiger partial charge in [0.05, 0.1) is 12.1 Å². The smallest absolute Gasteiger partial charge is 0.416 e. The zero-order chi connectivity index (χ0) is 30.8. The molecule has 234 valence electrons. The van der Waals surface area contributed by atoms with E-state index in [4.69, 9.17) is 4.74 Å². The van der Waals surface area contributed by atoms with Crippen LogP contribution < -0.4 is 5.32 Å². The Morgan fingerprint density at radius 3 is 2.37 bits per heavy atom. The highest BCUT2D eigenvalue weighted by Crippen LogP contribution is 2.34. The van der Waals surface area contributed by atoms with Crippen molar-refractivity contribution in [2.45, 2.75) is 83.8 Å². The van der Waals surface area contributed by atoms with Gasteiger partial charge in [0.1, 0.15) is 5.60 Å². The van der Waals surface area contributed by atoms with Gasteiger partial charge in [-0.25, -0.2) is 4.79 Å². The Balaban J connectivity index is 1.29. The van der Waals surface area contributed by atoms with Gasteiger partial charge in [0.25, 0.3) is 0 Å². The Labute approximate surface area is 252 Å². The molecule has 1 aliphatic carbocycles. The first-order chi connectivity index (χ1) is 20.4. The molecule has 3 aliphatic rings. The Kier molecular flexibility index (Phi) is 9.25. The maximum Gasteiger partial charge on any atom is 0.416 e. The summed E-state index contributed by atoms with van der Waals surface area (Å²) in [4.78, 5) is 32.1. The van der Waals surface area contributed by atoms with Crippen LogP contribution in [0.3, 0.4) is 0 Å². The molecule has 7 nitrogen and oxygen atoms in total. The number of hydrogen-bond donors (Lipinski definition) is 1. The molecule has 1 N–H and O–H groups in total. The lowest BCUT2D eigenvalue weighted by molar-refractivity contribution is -0.140. The first kappa shape index (κ1) is 31.2. The lowest BCUT2D eigenvalue weighted by atomic mass is 9.97. The molecule has 0 spiro atoms. The molecule has 2 amide bonds. The fraction of sp³-hybridized carbons (Fsp3) is 0.576. The highest BCUT2D eigenvalue weighted by atomic mass is 19.4. The monoisotopic (exact) mass is 600 g/mol. The second kappa shape index (κ2) is 12.8. The largest absolute Gasteiger partial charge is 0.444 e. The van der Waals surface area contributed by atoms with Crippen LogP contribution in [-0.2, 0) is 35.2 Å². The third-order valence-electron chi connectivity index (χ3n) is 8.53. The summed E-state index contributed by atoms with van der Waals surface area (Å²) in [5, 5.41) is 3.33. The number of carbonyl (C=O) groups is 2. The average Bonchev–Trinajstić information content (AvgIpc) is 3.77. The summed E-state index contributed by atoms with van der Waals surface area (Å²) in [5.41, 5.74) is 2.07. The zero-order valence-electron chi connectivity index (χ0n) is 25.4. The van der Waals surface area contributed by atoms with Crippen LogP contribution in [0.15, 0.2) is 42.5 Å². The quantitative estimate of drug-likeness (QED) is 0.385. The highest BCUT2D eigenvalue weighted by molar-refractivity contribution is 5.81. The normalized spacial score (nSPS) is 18.2. The van der Waals surface area contributed by atoms with Crippen LogP contribution in [0.5, 0.6) is 0 Å². The molecule has 2 fully saturated rings. The van der Waals surface area contributed by atoms with Crippen LogP contribution >= 0.6 is 0 Å².